The third-order valence-electron chi connectivity index (χ3n) is 9.58. The van der Waals surface area contributed by atoms with E-state index in [1.807, 2.05) is 109 Å². The molecular formula is C41H42BrClN6O3. The van der Waals surface area contributed by atoms with Crippen molar-refractivity contribution in [2.24, 2.45) is 0 Å². The second-order valence-electron chi connectivity index (χ2n) is 14.4. The summed E-state index contributed by atoms with van der Waals surface area (Å²) in [4.78, 5) is 44.1. The highest BCUT2D eigenvalue weighted by Crippen LogP contribution is 2.39. The van der Waals surface area contributed by atoms with Crippen LogP contribution >= 0.6 is 27.5 Å². The average molecular weight is 782 g/mol. The Morgan fingerprint density at radius 1 is 0.962 bits per heavy atom. The van der Waals surface area contributed by atoms with E-state index in [0.717, 1.165) is 56.5 Å². The third-order valence-corrected chi connectivity index (χ3v) is 10.2. The van der Waals surface area contributed by atoms with Gasteiger partial charge in [-0.2, -0.15) is 0 Å². The number of hydrogen-bond acceptors (Lipinski definition) is 6. The molecule has 2 aliphatic rings. The van der Waals surface area contributed by atoms with Crippen LogP contribution in [-0.2, 0) is 35.5 Å². The third kappa shape index (κ3) is 8.09. The zero-order valence-corrected chi connectivity index (χ0v) is 31.9. The van der Waals surface area contributed by atoms with Crippen molar-refractivity contribution in [2.45, 2.75) is 64.4 Å². The monoisotopic (exact) mass is 780 g/mol. The molecule has 1 saturated heterocycles. The van der Waals surface area contributed by atoms with E-state index in [2.05, 4.69) is 37.9 Å². The number of piperazine rings is 1. The lowest BCUT2D eigenvalue weighted by Crippen LogP contribution is -2.62. The first-order valence-corrected chi connectivity index (χ1v) is 18.8. The molecular weight excluding hydrogens is 740 g/mol. The van der Waals surface area contributed by atoms with Gasteiger partial charge in [-0.1, -0.05) is 60.1 Å². The van der Waals surface area contributed by atoms with Crippen LogP contribution < -0.4 is 4.90 Å². The topological polar surface area (TPSA) is 83.8 Å². The number of hydrogen-bond donors (Lipinski definition) is 0. The maximum atomic E-state index is 15.3. The Balaban J connectivity index is 1.30. The van der Waals surface area contributed by atoms with Crippen LogP contribution in [0.1, 0.15) is 60.3 Å². The van der Waals surface area contributed by atoms with Crippen molar-refractivity contribution in [3.63, 3.8) is 0 Å². The summed E-state index contributed by atoms with van der Waals surface area (Å²) in [6.07, 6.45) is 8.41. The first-order valence-electron chi connectivity index (χ1n) is 17.6. The smallest absolute Gasteiger partial charge is 0.411 e. The zero-order chi connectivity index (χ0) is 36.4. The van der Waals surface area contributed by atoms with Gasteiger partial charge in [-0.25, -0.2) is 9.78 Å². The van der Waals surface area contributed by atoms with E-state index in [4.69, 9.17) is 21.3 Å². The number of carbonyl (C=O) groups excluding carboxylic acids is 2. The Morgan fingerprint density at radius 2 is 1.75 bits per heavy atom. The maximum absolute atomic E-state index is 15.3. The lowest BCUT2D eigenvalue weighted by Gasteiger charge is -2.45. The molecule has 9 nitrogen and oxygen atoms in total. The molecule has 3 aromatic carbocycles. The summed E-state index contributed by atoms with van der Waals surface area (Å²) in [6.45, 7) is 7.58. The summed E-state index contributed by atoms with van der Waals surface area (Å²) in [5, 5.41) is 0.687. The minimum absolute atomic E-state index is 0.187. The lowest BCUT2D eigenvalue weighted by molar-refractivity contribution is -0.126. The number of imidazole rings is 1. The standard InChI is InChI=1S/C41H42BrClN6O3/c1-41(2,3)52-40(51)48-19-18-47(38-35-15-14-33(43)22-30(35)12-13-31-21-32(42)23-45-37(31)38)26-36(48)39(50)49(25-28-8-5-4-6-9-28)34-11-7-10-29(20-34)24-46-17-16-44-27-46/h4-11,14-17,20-23,27,36,38H,12-13,18-19,24-26H2,1-3H3/t36?,38-/m1/s1. The molecule has 5 aromatic rings. The molecule has 0 spiro atoms. The van der Waals surface area contributed by atoms with Crippen LogP contribution in [0.15, 0.2) is 108 Å². The van der Waals surface area contributed by atoms with Gasteiger partial charge in [-0.3, -0.25) is 19.6 Å². The van der Waals surface area contributed by atoms with Crippen molar-refractivity contribution in [1.82, 2.24) is 24.3 Å². The van der Waals surface area contributed by atoms with E-state index in [1.54, 1.807) is 17.4 Å². The van der Waals surface area contributed by atoms with Crippen molar-refractivity contribution < 1.29 is 14.3 Å². The molecule has 7 rings (SSSR count). The van der Waals surface area contributed by atoms with Crippen molar-refractivity contribution in [3.8, 4) is 0 Å². The highest BCUT2D eigenvalue weighted by molar-refractivity contribution is 9.10. The number of aryl methyl sites for hydroxylation is 2. The Bertz CT molecular complexity index is 2000. The van der Waals surface area contributed by atoms with E-state index < -0.39 is 17.7 Å². The van der Waals surface area contributed by atoms with Gasteiger partial charge in [0.05, 0.1) is 24.6 Å². The molecule has 2 aromatic heterocycles. The quantitative estimate of drug-likeness (QED) is 0.166. The van der Waals surface area contributed by atoms with E-state index in [1.165, 1.54) is 0 Å². The van der Waals surface area contributed by atoms with Gasteiger partial charge >= 0.3 is 6.09 Å². The molecule has 0 N–H and O–H groups in total. The number of nitrogens with zero attached hydrogens (tertiary/aromatic N) is 6. The van der Waals surface area contributed by atoms with Crippen molar-refractivity contribution in [2.75, 3.05) is 24.5 Å². The van der Waals surface area contributed by atoms with Crippen LogP contribution in [0.2, 0.25) is 5.02 Å². The number of anilines is 1. The molecule has 0 bridgehead atoms. The van der Waals surface area contributed by atoms with Crippen molar-refractivity contribution >= 4 is 45.2 Å². The van der Waals surface area contributed by atoms with Crippen LogP contribution in [0.25, 0.3) is 0 Å². The molecule has 1 fully saturated rings. The Morgan fingerprint density at radius 3 is 2.52 bits per heavy atom. The number of pyridine rings is 1. The maximum Gasteiger partial charge on any atom is 0.411 e. The van der Waals surface area contributed by atoms with E-state index in [0.29, 0.717) is 31.2 Å². The van der Waals surface area contributed by atoms with Crippen LogP contribution in [0.5, 0.6) is 0 Å². The lowest BCUT2D eigenvalue weighted by atomic mass is 9.95. The predicted octanol–water partition coefficient (Wildman–Crippen LogP) is 8.09. The largest absolute Gasteiger partial charge is 0.444 e. The summed E-state index contributed by atoms with van der Waals surface area (Å²) in [5.74, 6) is -0.187. The van der Waals surface area contributed by atoms with Gasteiger partial charge in [-0.05, 0) is 108 Å². The average Bonchev–Trinajstić information content (AvgIpc) is 3.58. The van der Waals surface area contributed by atoms with Gasteiger partial charge in [0.2, 0.25) is 0 Å². The molecule has 3 heterocycles. The van der Waals surface area contributed by atoms with E-state index in [-0.39, 0.29) is 18.5 Å². The molecule has 268 valence electrons. The summed E-state index contributed by atoms with van der Waals surface area (Å²) < 4.78 is 8.85. The van der Waals surface area contributed by atoms with Crippen molar-refractivity contribution in [3.05, 3.63) is 147 Å². The fraction of sp³-hybridized carbons (Fsp3) is 0.317. The molecule has 2 atom stereocenters. The van der Waals surface area contributed by atoms with Gasteiger partial charge < -0.3 is 14.2 Å². The molecule has 52 heavy (non-hydrogen) atoms. The number of halogens is 2. The Kier molecular flexibility index (Phi) is 10.5. The fourth-order valence-electron chi connectivity index (χ4n) is 7.23. The molecule has 1 unspecified atom stereocenters. The second kappa shape index (κ2) is 15.2. The van der Waals surface area contributed by atoms with Crippen LogP contribution in [0.4, 0.5) is 10.5 Å². The van der Waals surface area contributed by atoms with Crippen molar-refractivity contribution in [1.29, 1.82) is 0 Å². The van der Waals surface area contributed by atoms with Gasteiger partial charge in [0.1, 0.15) is 11.6 Å². The van der Waals surface area contributed by atoms with Crippen LogP contribution in [-0.4, -0.2) is 67.6 Å². The van der Waals surface area contributed by atoms with E-state index >= 15 is 4.79 Å². The molecule has 11 heteroatoms. The number of aromatic nitrogens is 3. The number of benzene rings is 3. The summed E-state index contributed by atoms with van der Waals surface area (Å²) >= 11 is 10.2. The zero-order valence-electron chi connectivity index (χ0n) is 29.6. The Hall–Kier alpha value is -4.51. The molecule has 1 aliphatic carbocycles. The number of rotatable bonds is 7. The fourth-order valence-corrected chi connectivity index (χ4v) is 7.80. The number of fused-ring (bicyclic) bond motifs is 2. The minimum Gasteiger partial charge on any atom is -0.444 e. The van der Waals surface area contributed by atoms with E-state index in [9.17, 15) is 4.79 Å². The highest BCUT2D eigenvalue weighted by atomic mass is 79.9. The Labute approximate surface area is 318 Å². The number of carbonyl (C=O) groups is 2. The SMILES string of the molecule is CC(C)(C)OC(=O)N1CCN([C@@H]2c3ccc(Cl)cc3CCc3cc(Br)cnc32)CC1C(=O)N(Cc1ccccc1)c1cccc(Cn2ccnc2)c1. The van der Waals surface area contributed by atoms with Gasteiger partial charge in [0.25, 0.3) is 5.91 Å². The number of amides is 2. The molecule has 0 radical (unpaired) electrons. The first-order chi connectivity index (χ1) is 25.0. The molecule has 2 amide bonds. The number of ether oxygens (including phenoxy) is 1. The first kappa shape index (κ1) is 35.9. The summed E-state index contributed by atoms with van der Waals surface area (Å²) in [7, 11) is 0. The summed E-state index contributed by atoms with van der Waals surface area (Å²) in [5.41, 5.74) is 6.39. The van der Waals surface area contributed by atoms with Crippen LogP contribution in [0, 0.1) is 0 Å². The molecule has 1 aliphatic heterocycles. The van der Waals surface area contributed by atoms with Crippen LogP contribution in [0.3, 0.4) is 0 Å². The molecule has 0 saturated carbocycles. The minimum atomic E-state index is -0.845. The van der Waals surface area contributed by atoms with Gasteiger partial charge in [-0.15, -0.1) is 0 Å². The predicted molar refractivity (Wildman–Crippen MR) is 206 cm³/mol. The highest BCUT2D eigenvalue weighted by Gasteiger charge is 2.43. The normalized spacial score (nSPS) is 17.5. The van der Waals surface area contributed by atoms with Gasteiger partial charge in [0.15, 0.2) is 0 Å². The van der Waals surface area contributed by atoms with Gasteiger partial charge in [0, 0.05) is 60.0 Å². The summed E-state index contributed by atoms with van der Waals surface area (Å²) in [6, 6.07) is 25.1. The second-order valence-corrected chi connectivity index (χ2v) is 15.8.